The predicted molar refractivity (Wildman–Crippen MR) is 152 cm³/mol. The largest absolute Gasteiger partial charge is 0.337 e. The fourth-order valence-corrected chi connectivity index (χ4v) is 5.62. The molecular weight excluding hydrogens is 523 g/mol. The van der Waals surface area contributed by atoms with Crippen molar-refractivity contribution in [1.29, 1.82) is 0 Å². The number of hydrogen-bond donors (Lipinski definition) is 2. The highest BCUT2D eigenvalue weighted by Crippen LogP contribution is 2.37. The Balaban J connectivity index is 1.21. The minimum Gasteiger partial charge on any atom is -0.337 e. The highest BCUT2D eigenvalue weighted by Gasteiger charge is 2.33. The number of nitrogens with one attached hydrogen (secondary N) is 2. The zero-order valence-corrected chi connectivity index (χ0v) is 22.3. The molecule has 1 aliphatic heterocycles. The Bertz CT molecular complexity index is 1990. The molecule has 41 heavy (non-hydrogen) atoms. The maximum absolute atomic E-state index is 14.1. The third-order valence-electron chi connectivity index (χ3n) is 7.62. The average molecular weight is 549 g/mol. The number of H-pyrrole nitrogens is 1. The van der Waals surface area contributed by atoms with Gasteiger partial charge in [0.2, 0.25) is 11.7 Å². The van der Waals surface area contributed by atoms with Gasteiger partial charge in [0, 0.05) is 43.9 Å². The molecule has 2 amide bonds. The number of para-hydroxylation sites is 1. The van der Waals surface area contributed by atoms with Gasteiger partial charge in [0.15, 0.2) is 5.82 Å². The SMILES string of the molecule is CN1C(=O)[C@@H](NC(=O)c2n[nH]c(Cc3ccccc3F)n2)Cc2cn(-c3nn(C)c4ccccc34)c3cccc1c23. The maximum Gasteiger partial charge on any atom is 0.291 e. The van der Waals surface area contributed by atoms with Crippen LogP contribution in [-0.4, -0.2) is 54.4 Å². The number of amides is 2. The van der Waals surface area contributed by atoms with Crippen LogP contribution in [0.5, 0.6) is 0 Å². The first kappa shape index (κ1) is 24.7. The zero-order valence-electron chi connectivity index (χ0n) is 22.3. The van der Waals surface area contributed by atoms with Crippen LogP contribution in [0.25, 0.3) is 27.6 Å². The number of carbonyl (C=O) groups is 2. The van der Waals surface area contributed by atoms with Crippen molar-refractivity contribution in [2.45, 2.75) is 18.9 Å². The molecule has 0 aliphatic carbocycles. The Morgan fingerprint density at radius 2 is 1.83 bits per heavy atom. The number of nitrogens with zero attached hydrogens (tertiary/aromatic N) is 6. The lowest BCUT2D eigenvalue weighted by Gasteiger charge is -2.22. The van der Waals surface area contributed by atoms with E-state index in [1.807, 2.05) is 65.0 Å². The highest BCUT2D eigenvalue weighted by atomic mass is 19.1. The lowest BCUT2D eigenvalue weighted by Crippen LogP contribution is -2.48. The van der Waals surface area contributed by atoms with Crippen molar-refractivity contribution in [2.24, 2.45) is 7.05 Å². The summed E-state index contributed by atoms with van der Waals surface area (Å²) in [6.45, 7) is 0. The van der Waals surface area contributed by atoms with Crippen molar-refractivity contribution in [2.75, 3.05) is 11.9 Å². The maximum atomic E-state index is 14.1. The average Bonchev–Trinajstić information content (AvgIpc) is 3.67. The van der Waals surface area contributed by atoms with Crippen LogP contribution >= 0.6 is 0 Å². The normalized spacial score (nSPS) is 15.0. The molecule has 0 unspecified atom stereocenters. The molecule has 1 atom stereocenters. The minimum absolute atomic E-state index is 0.115. The van der Waals surface area contributed by atoms with E-state index in [4.69, 9.17) is 5.10 Å². The van der Waals surface area contributed by atoms with E-state index >= 15 is 0 Å². The van der Waals surface area contributed by atoms with Crippen LogP contribution in [0.3, 0.4) is 0 Å². The van der Waals surface area contributed by atoms with E-state index in [0.717, 1.165) is 38.9 Å². The third-order valence-corrected chi connectivity index (χ3v) is 7.62. The number of benzene rings is 3. The fraction of sp³-hybridized carbons (Fsp3) is 0.167. The summed E-state index contributed by atoms with van der Waals surface area (Å²) in [5, 5.41) is 16.3. The number of fused-ring (bicyclic) bond motifs is 1. The van der Waals surface area contributed by atoms with Gasteiger partial charge in [-0.25, -0.2) is 9.37 Å². The van der Waals surface area contributed by atoms with Gasteiger partial charge in [0.25, 0.3) is 5.91 Å². The molecule has 7 rings (SSSR count). The first-order chi connectivity index (χ1) is 19.9. The van der Waals surface area contributed by atoms with Crippen molar-refractivity contribution in [3.05, 3.63) is 102 Å². The van der Waals surface area contributed by atoms with Gasteiger partial charge in [-0.05, 0) is 41.5 Å². The molecule has 2 N–H and O–H groups in total. The van der Waals surface area contributed by atoms with E-state index in [-0.39, 0.29) is 30.4 Å². The summed E-state index contributed by atoms with van der Waals surface area (Å²) in [4.78, 5) is 32.5. The number of halogens is 1. The summed E-state index contributed by atoms with van der Waals surface area (Å²) in [6.07, 6.45) is 2.42. The van der Waals surface area contributed by atoms with Crippen molar-refractivity contribution >= 4 is 39.3 Å². The van der Waals surface area contributed by atoms with Crippen LogP contribution in [0.1, 0.15) is 27.6 Å². The molecule has 11 heteroatoms. The molecule has 0 saturated heterocycles. The molecule has 1 aliphatic rings. The Hall–Kier alpha value is -5.32. The second-order valence-electron chi connectivity index (χ2n) is 10.2. The summed E-state index contributed by atoms with van der Waals surface area (Å²) >= 11 is 0. The highest BCUT2D eigenvalue weighted by molar-refractivity contribution is 6.10. The predicted octanol–water partition coefficient (Wildman–Crippen LogP) is 3.68. The lowest BCUT2D eigenvalue weighted by molar-refractivity contribution is -0.120. The minimum atomic E-state index is -0.854. The molecule has 3 aromatic carbocycles. The van der Waals surface area contributed by atoms with Crippen molar-refractivity contribution in [1.82, 2.24) is 34.8 Å². The van der Waals surface area contributed by atoms with Crippen LogP contribution in [0, 0.1) is 5.82 Å². The van der Waals surface area contributed by atoms with Crippen molar-refractivity contribution < 1.29 is 14.0 Å². The van der Waals surface area contributed by atoms with Crippen LogP contribution in [0.2, 0.25) is 0 Å². The molecule has 4 heterocycles. The summed E-state index contributed by atoms with van der Waals surface area (Å²) < 4.78 is 18.0. The number of aryl methyl sites for hydroxylation is 1. The Morgan fingerprint density at radius 1 is 1.05 bits per heavy atom. The van der Waals surface area contributed by atoms with E-state index in [0.29, 0.717) is 11.4 Å². The van der Waals surface area contributed by atoms with Gasteiger partial charge in [-0.15, -0.1) is 5.10 Å². The van der Waals surface area contributed by atoms with Gasteiger partial charge in [-0.2, -0.15) is 5.10 Å². The third kappa shape index (κ3) is 4.05. The van der Waals surface area contributed by atoms with E-state index in [1.54, 1.807) is 30.1 Å². The van der Waals surface area contributed by atoms with Crippen molar-refractivity contribution in [3.63, 3.8) is 0 Å². The fourth-order valence-electron chi connectivity index (χ4n) is 5.62. The zero-order chi connectivity index (χ0) is 28.2. The van der Waals surface area contributed by atoms with Gasteiger partial charge in [-0.3, -0.25) is 23.9 Å². The Labute approximate surface area is 233 Å². The summed E-state index contributed by atoms with van der Waals surface area (Å²) in [5.74, 6) is -0.188. The van der Waals surface area contributed by atoms with E-state index in [1.165, 1.54) is 6.07 Å². The second-order valence-corrected chi connectivity index (χ2v) is 10.2. The van der Waals surface area contributed by atoms with Crippen LogP contribution < -0.4 is 10.2 Å². The number of rotatable bonds is 5. The van der Waals surface area contributed by atoms with Crippen LogP contribution in [-0.2, 0) is 24.7 Å². The van der Waals surface area contributed by atoms with E-state index < -0.39 is 11.9 Å². The molecule has 3 aromatic heterocycles. The molecule has 10 nitrogen and oxygen atoms in total. The Morgan fingerprint density at radius 3 is 2.68 bits per heavy atom. The molecular formula is C30H25FN8O2. The first-order valence-electron chi connectivity index (χ1n) is 13.2. The van der Waals surface area contributed by atoms with Gasteiger partial charge in [0.1, 0.15) is 17.7 Å². The van der Waals surface area contributed by atoms with E-state index in [2.05, 4.69) is 20.5 Å². The summed E-state index contributed by atoms with van der Waals surface area (Å²) in [5.41, 5.74) is 4.02. The topological polar surface area (TPSA) is 114 Å². The standard InChI is InChI=1S/C30H25FN8O2/c1-37-23-12-7-13-24-26(23)18(16-39(24)28-19-9-4-6-11-22(19)38(2)36-28)14-21(30(37)41)32-29(40)27-33-25(34-35-27)15-17-8-3-5-10-20(17)31/h3-13,16,21H,14-15H2,1-2H3,(H,32,40)(H,33,34,35)/t21-/m0/s1. The van der Waals surface area contributed by atoms with Crippen LogP contribution in [0.4, 0.5) is 10.1 Å². The molecule has 0 spiro atoms. The Kier molecular flexibility index (Phi) is 5.67. The number of likely N-dealkylation sites (N-methyl/N-ethyl adjacent to an activating group) is 1. The monoisotopic (exact) mass is 548 g/mol. The molecule has 6 aromatic rings. The first-order valence-corrected chi connectivity index (χ1v) is 13.2. The van der Waals surface area contributed by atoms with Crippen LogP contribution in [0.15, 0.2) is 72.9 Å². The van der Waals surface area contributed by atoms with Gasteiger partial charge in [-0.1, -0.05) is 36.4 Å². The second kappa shape index (κ2) is 9.40. The van der Waals surface area contributed by atoms with Gasteiger partial charge >= 0.3 is 0 Å². The smallest absolute Gasteiger partial charge is 0.291 e. The molecule has 0 bridgehead atoms. The molecule has 0 radical (unpaired) electrons. The molecule has 0 saturated carbocycles. The lowest BCUT2D eigenvalue weighted by atomic mass is 10.1. The summed E-state index contributed by atoms with van der Waals surface area (Å²) in [7, 11) is 3.62. The summed E-state index contributed by atoms with van der Waals surface area (Å²) in [6, 6.07) is 19.3. The van der Waals surface area contributed by atoms with Gasteiger partial charge in [0.05, 0.1) is 16.7 Å². The quantitative estimate of drug-likeness (QED) is 0.341. The van der Waals surface area contributed by atoms with Gasteiger partial charge < -0.3 is 10.2 Å². The van der Waals surface area contributed by atoms with Crippen molar-refractivity contribution in [3.8, 4) is 5.82 Å². The number of carbonyl (C=O) groups excluding carboxylic acids is 2. The number of aromatic amines is 1. The number of aromatic nitrogens is 6. The molecule has 0 fully saturated rings. The number of hydrogen-bond acceptors (Lipinski definition) is 5. The molecule has 204 valence electrons. The number of anilines is 1. The van der Waals surface area contributed by atoms with E-state index in [9.17, 15) is 14.0 Å².